The van der Waals surface area contributed by atoms with Gasteiger partial charge in [0.25, 0.3) is 0 Å². The van der Waals surface area contributed by atoms with Crippen LogP contribution < -0.4 is 4.74 Å². The van der Waals surface area contributed by atoms with E-state index in [-0.39, 0.29) is 0 Å². The van der Waals surface area contributed by atoms with Gasteiger partial charge in [-0.05, 0) is 24.3 Å². The third-order valence-electron chi connectivity index (χ3n) is 2.69. The average molecular weight is 264 g/mol. The molecule has 0 saturated heterocycles. The molecule has 0 N–H and O–H groups in total. The molecule has 3 aromatic rings. The largest absolute Gasteiger partial charge is 0.404 e. The number of aromatic nitrogens is 3. The van der Waals surface area contributed by atoms with Gasteiger partial charge in [-0.25, -0.2) is 9.31 Å². The lowest BCUT2D eigenvalue weighted by molar-refractivity contribution is 0.0724. The Morgan fingerprint density at radius 1 is 1.30 bits per heavy atom. The van der Waals surface area contributed by atoms with E-state index >= 15 is 0 Å². The molecule has 0 bridgehead atoms. The van der Waals surface area contributed by atoms with Gasteiger partial charge in [-0.15, -0.1) is 0 Å². The van der Waals surface area contributed by atoms with E-state index in [1.807, 2.05) is 6.07 Å². The quantitative estimate of drug-likeness (QED) is 0.659. The van der Waals surface area contributed by atoms with Crippen molar-refractivity contribution < 1.29 is 9.53 Å². The zero-order valence-corrected chi connectivity index (χ0v) is 10.2. The summed E-state index contributed by atoms with van der Waals surface area (Å²) in [5.74, 6) is -0.220. The van der Waals surface area contributed by atoms with Crippen LogP contribution in [0.5, 0.6) is 5.88 Å². The van der Waals surface area contributed by atoms with Crippen molar-refractivity contribution in [1.29, 1.82) is 5.26 Å². The lowest BCUT2D eigenvalue weighted by Gasteiger charge is -2.03. The summed E-state index contributed by atoms with van der Waals surface area (Å²) < 4.78 is 6.72. The molecule has 0 radical (unpaired) electrons. The highest BCUT2D eigenvalue weighted by molar-refractivity contribution is 5.90. The van der Waals surface area contributed by atoms with E-state index < -0.39 is 5.97 Å². The van der Waals surface area contributed by atoms with Gasteiger partial charge in [0.15, 0.2) is 0 Å². The van der Waals surface area contributed by atoms with Gasteiger partial charge in [-0.3, -0.25) is 4.98 Å². The molecule has 0 atom stereocenters. The SMILES string of the molecule is N#Cc1cnn2c(OC(=O)c3cccnc3)ccc2c1. The molecule has 0 fully saturated rings. The fourth-order valence-electron chi connectivity index (χ4n) is 1.75. The fourth-order valence-corrected chi connectivity index (χ4v) is 1.75. The minimum Gasteiger partial charge on any atom is -0.404 e. The average Bonchev–Trinajstić information content (AvgIpc) is 2.90. The number of carbonyl (C=O) groups is 1. The number of nitriles is 1. The second kappa shape index (κ2) is 4.82. The zero-order chi connectivity index (χ0) is 13.9. The molecule has 3 heterocycles. The molecule has 0 aliphatic heterocycles. The lowest BCUT2D eigenvalue weighted by atomic mass is 10.3. The van der Waals surface area contributed by atoms with E-state index in [0.717, 1.165) is 0 Å². The number of carbonyl (C=O) groups excluding carboxylic acids is 1. The lowest BCUT2D eigenvalue weighted by Crippen LogP contribution is -2.10. The van der Waals surface area contributed by atoms with Crippen LogP contribution in [-0.4, -0.2) is 20.6 Å². The van der Waals surface area contributed by atoms with Crippen molar-refractivity contribution >= 4 is 11.5 Å². The third-order valence-corrected chi connectivity index (χ3v) is 2.69. The van der Waals surface area contributed by atoms with Crippen molar-refractivity contribution in [3.63, 3.8) is 0 Å². The van der Waals surface area contributed by atoms with Gasteiger partial charge >= 0.3 is 5.97 Å². The molecule has 0 aromatic carbocycles. The molecule has 6 nitrogen and oxygen atoms in total. The van der Waals surface area contributed by atoms with Gasteiger partial charge in [0.1, 0.15) is 6.07 Å². The van der Waals surface area contributed by atoms with Crippen LogP contribution in [0.4, 0.5) is 0 Å². The summed E-state index contributed by atoms with van der Waals surface area (Å²) in [4.78, 5) is 15.8. The Hall–Kier alpha value is -3.20. The summed E-state index contributed by atoms with van der Waals surface area (Å²) in [7, 11) is 0. The number of esters is 1. The maximum Gasteiger partial charge on any atom is 0.346 e. The predicted octanol–water partition coefficient (Wildman–Crippen LogP) is 1.82. The number of nitrogens with zero attached hydrogens (tertiary/aromatic N) is 4. The number of pyridine rings is 1. The van der Waals surface area contributed by atoms with Crippen molar-refractivity contribution in [3.05, 3.63) is 60.0 Å². The number of hydrogen-bond donors (Lipinski definition) is 0. The number of fused-ring (bicyclic) bond motifs is 1. The first-order valence-electron chi connectivity index (χ1n) is 5.78. The predicted molar refractivity (Wildman–Crippen MR) is 69.1 cm³/mol. The maximum atomic E-state index is 11.9. The molecule has 0 spiro atoms. The monoisotopic (exact) mass is 264 g/mol. The molecule has 0 amide bonds. The minimum absolute atomic E-state index is 0.290. The van der Waals surface area contributed by atoms with Crippen LogP contribution in [0.2, 0.25) is 0 Å². The van der Waals surface area contributed by atoms with E-state index in [1.54, 1.807) is 36.5 Å². The normalized spacial score (nSPS) is 10.2. The highest BCUT2D eigenvalue weighted by Gasteiger charge is 2.12. The van der Waals surface area contributed by atoms with E-state index in [1.165, 1.54) is 16.9 Å². The summed E-state index contributed by atoms with van der Waals surface area (Å²) in [5.41, 5.74) is 1.48. The summed E-state index contributed by atoms with van der Waals surface area (Å²) in [5, 5.41) is 12.9. The third kappa shape index (κ3) is 2.08. The van der Waals surface area contributed by atoms with Crippen LogP contribution in [0.3, 0.4) is 0 Å². The zero-order valence-electron chi connectivity index (χ0n) is 10.2. The Bertz CT molecular complexity index is 818. The molecule has 3 aromatic heterocycles. The number of ether oxygens (including phenoxy) is 1. The molecule has 0 aliphatic carbocycles. The standard InChI is InChI=1S/C14H8N4O2/c15-7-10-6-12-3-4-13(18(12)17-8-10)20-14(19)11-2-1-5-16-9-11/h1-6,8-9H. The highest BCUT2D eigenvalue weighted by Crippen LogP contribution is 2.17. The minimum atomic E-state index is -0.510. The first-order chi connectivity index (χ1) is 9.78. The molecule has 20 heavy (non-hydrogen) atoms. The van der Waals surface area contributed by atoms with Crippen molar-refractivity contribution in [2.75, 3.05) is 0 Å². The van der Waals surface area contributed by atoms with Crippen LogP contribution in [0, 0.1) is 11.3 Å². The van der Waals surface area contributed by atoms with E-state index in [2.05, 4.69) is 10.1 Å². The molecule has 0 saturated carbocycles. The highest BCUT2D eigenvalue weighted by atomic mass is 16.5. The first-order valence-corrected chi connectivity index (χ1v) is 5.78. The van der Waals surface area contributed by atoms with E-state index in [4.69, 9.17) is 10.00 Å². The van der Waals surface area contributed by atoms with E-state index in [9.17, 15) is 4.79 Å². The summed E-state index contributed by atoms with van der Waals surface area (Å²) in [6.45, 7) is 0. The van der Waals surface area contributed by atoms with Crippen molar-refractivity contribution in [2.45, 2.75) is 0 Å². The fraction of sp³-hybridized carbons (Fsp3) is 0. The van der Waals surface area contributed by atoms with Gasteiger partial charge in [0, 0.05) is 18.5 Å². The second-order valence-corrected chi connectivity index (χ2v) is 4.00. The number of rotatable bonds is 2. The Balaban J connectivity index is 1.92. The maximum absolute atomic E-state index is 11.9. The Morgan fingerprint density at radius 3 is 2.95 bits per heavy atom. The van der Waals surface area contributed by atoms with Crippen LogP contribution in [-0.2, 0) is 0 Å². The Labute approximate surface area is 113 Å². The molecule has 0 aliphatic rings. The van der Waals surface area contributed by atoms with Gasteiger partial charge in [0.05, 0.1) is 22.8 Å². The molecule has 0 unspecified atom stereocenters. The smallest absolute Gasteiger partial charge is 0.346 e. The summed E-state index contributed by atoms with van der Waals surface area (Å²) in [6, 6.07) is 10.3. The van der Waals surface area contributed by atoms with Gasteiger partial charge in [-0.1, -0.05) is 0 Å². The summed E-state index contributed by atoms with van der Waals surface area (Å²) in [6.07, 6.45) is 4.42. The first kappa shape index (κ1) is 11.9. The van der Waals surface area contributed by atoms with Crippen LogP contribution >= 0.6 is 0 Å². The Morgan fingerprint density at radius 2 is 2.20 bits per heavy atom. The second-order valence-electron chi connectivity index (χ2n) is 4.00. The van der Waals surface area contributed by atoms with Crippen molar-refractivity contribution in [2.24, 2.45) is 0 Å². The molecule has 96 valence electrons. The van der Waals surface area contributed by atoms with Gasteiger partial charge in [0.2, 0.25) is 5.88 Å². The molecular formula is C14H8N4O2. The van der Waals surface area contributed by atoms with Crippen LogP contribution in [0.25, 0.3) is 5.52 Å². The molecule has 3 rings (SSSR count). The van der Waals surface area contributed by atoms with Crippen LogP contribution in [0.1, 0.15) is 15.9 Å². The van der Waals surface area contributed by atoms with Gasteiger partial charge < -0.3 is 4.74 Å². The van der Waals surface area contributed by atoms with Gasteiger partial charge in [-0.2, -0.15) is 10.4 Å². The Kier molecular flexibility index (Phi) is 2.86. The van der Waals surface area contributed by atoms with E-state index in [0.29, 0.717) is 22.5 Å². The van der Waals surface area contributed by atoms with Crippen molar-refractivity contribution in [3.8, 4) is 11.9 Å². The molecular weight excluding hydrogens is 256 g/mol. The summed E-state index contributed by atoms with van der Waals surface area (Å²) >= 11 is 0. The number of hydrogen-bond acceptors (Lipinski definition) is 5. The van der Waals surface area contributed by atoms with Crippen molar-refractivity contribution in [1.82, 2.24) is 14.6 Å². The molecule has 6 heteroatoms. The van der Waals surface area contributed by atoms with Crippen LogP contribution in [0.15, 0.2) is 48.9 Å². The topological polar surface area (TPSA) is 80.3 Å².